The molecule has 0 unspecified atom stereocenters. The molecule has 0 radical (unpaired) electrons. The lowest BCUT2D eigenvalue weighted by atomic mass is 9.92. The first-order chi connectivity index (χ1) is 10.2. The van der Waals surface area contributed by atoms with Crippen molar-refractivity contribution in [3.05, 3.63) is 35.5 Å². The van der Waals surface area contributed by atoms with Crippen molar-refractivity contribution in [1.82, 2.24) is 4.57 Å². The van der Waals surface area contributed by atoms with Crippen molar-refractivity contribution in [3.8, 4) is 0 Å². The highest BCUT2D eigenvalue weighted by Gasteiger charge is 2.23. The molecule has 1 aliphatic carbocycles. The fraction of sp³-hybridized carbons (Fsp3) is 0.471. The van der Waals surface area contributed by atoms with Crippen molar-refractivity contribution < 1.29 is 9.53 Å². The molecule has 1 atom stereocenters. The summed E-state index contributed by atoms with van der Waals surface area (Å²) in [5.41, 5.74) is 10.1. The molecule has 1 aliphatic rings. The van der Waals surface area contributed by atoms with Crippen LogP contribution in [0.15, 0.2) is 24.3 Å². The first-order valence-electron chi connectivity index (χ1n) is 7.71. The minimum Gasteiger partial charge on any atom is -0.466 e. The fourth-order valence-corrected chi connectivity index (χ4v) is 3.32. The van der Waals surface area contributed by atoms with Gasteiger partial charge in [0.15, 0.2) is 0 Å². The molecule has 2 N–H and O–H groups in total. The van der Waals surface area contributed by atoms with Crippen LogP contribution in [0.25, 0.3) is 10.9 Å². The topological polar surface area (TPSA) is 57.2 Å². The summed E-state index contributed by atoms with van der Waals surface area (Å²) < 4.78 is 7.33. The first-order valence-corrected chi connectivity index (χ1v) is 7.71. The smallest absolute Gasteiger partial charge is 0.307 e. The Balaban J connectivity index is 1.96. The molecule has 4 nitrogen and oxygen atoms in total. The molecule has 0 amide bonds. The van der Waals surface area contributed by atoms with Crippen molar-refractivity contribution >= 4 is 16.9 Å². The van der Waals surface area contributed by atoms with Gasteiger partial charge < -0.3 is 15.0 Å². The highest BCUT2D eigenvalue weighted by molar-refractivity contribution is 5.86. The molecule has 4 heteroatoms. The molecule has 1 aromatic heterocycles. The van der Waals surface area contributed by atoms with Crippen LogP contribution in [-0.4, -0.2) is 23.2 Å². The molecule has 0 saturated carbocycles. The van der Waals surface area contributed by atoms with Crippen LogP contribution in [-0.2, 0) is 28.9 Å². The maximum Gasteiger partial charge on any atom is 0.307 e. The van der Waals surface area contributed by atoms with Crippen LogP contribution in [0.1, 0.15) is 31.0 Å². The number of para-hydroxylation sites is 1. The maximum atomic E-state index is 11.6. The van der Waals surface area contributed by atoms with Gasteiger partial charge in [0.2, 0.25) is 0 Å². The number of benzene rings is 1. The molecule has 2 aromatic rings. The molecule has 0 aliphatic heterocycles. The third-order valence-electron chi connectivity index (χ3n) is 4.26. The van der Waals surface area contributed by atoms with Gasteiger partial charge in [-0.1, -0.05) is 18.2 Å². The lowest BCUT2D eigenvalue weighted by Gasteiger charge is -2.20. The summed E-state index contributed by atoms with van der Waals surface area (Å²) >= 11 is 0. The Morgan fingerprint density at radius 3 is 3.05 bits per heavy atom. The summed E-state index contributed by atoms with van der Waals surface area (Å²) in [6.45, 7) is 2.97. The number of nitrogens with two attached hydrogens (primary N) is 1. The number of nitrogens with zero attached hydrogens (tertiary/aromatic N) is 1. The minimum atomic E-state index is -0.128. The van der Waals surface area contributed by atoms with Crippen LogP contribution < -0.4 is 5.73 Å². The second kappa shape index (κ2) is 5.90. The maximum absolute atomic E-state index is 11.6. The number of aryl methyl sites for hydroxylation is 1. The van der Waals surface area contributed by atoms with E-state index in [1.165, 1.54) is 22.2 Å². The van der Waals surface area contributed by atoms with Crippen LogP contribution in [0.4, 0.5) is 0 Å². The van der Waals surface area contributed by atoms with Crippen LogP contribution in [0, 0.1) is 0 Å². The molecule has 1 heterocycles. The van der Waals surface area contributed by atoms with Gasteiger partial charge >= 0.3 is 5.97 Å². The zero-order valence-corrected chi connectivity index (χ0v) is 12.5. The third kappa shape index (κ3) is 2.68. The van der Waals surface area contributed by atoms with Crippen molar-refractivity contribution in [1.29, 1.82) is 0 Å². The van der Waals surface area contributed by atoms with E-state index in [-0.39, 0.29) is 12.0 Å². The Bertz CT molecular complexity index is 660. The van der Waals surface area contributed by atoms with Gasteiger partial charge in [-0.25, -0.2) is 0 Å². The van der Waals surface area contributed by atoms with E-state index in [4.69, 9.17) is 10.5 Å². The lowest BCUT2D eigenvalue weighted by molar-refractivity contribution is -0.143. The van der Waals surface area contributed by atoms with Gasteiger partial charge in [-0.3, -0.25) is 4.79 Å². The Morgan fingerprint density at radius 1 is 1.43 bits per heavy atom. The molecule has 1 aromatic carbocycles. The second-order valence-corrected chi connectivity index (χ2v) is 5.65. The highest BCUT2D eigenvalue weighted by atomic mass is 16.5. The number of fused-ring (bicyclic) bond motifs is 3. The zero-order chi connectivity index (χ0) is 14.8. The predicted octanol–water partition coefficient (Wildman–Crippen LogP) is 2.41. The number of hydrogen-bond donors (Lipinski definition) is 1. The number of carbonyl (C=O) groups is 1. The Morgan fingerprint density at radius 2 is 2.24 bits per heavy atom. The molecule has 112 valence electrons. The van der Waals surface area contributed by atoms with E-state index in [0.717, 1.165) is 19.3 Å². The van der Waals surface area contributed by atoms with Crippen molar-refractivity contribution in [2.75, 3.05) is 6.61 Å². The number of carbonyl (C=O) groups excluding carboxylic acids is 1. The van der Waals surface area contributed by atoms with Crippen LogP contribution in [0.3, 0.4) is 0 Å². The number of rotatable bonds is 4. The van der Waals surface area contributed by atoms with Gasteiger partial charge in [-0.15, -0.1) is 0 Å². The Hall–Kier alpha value is -1.81. The average molecular weight is 286 g/mol. The normalized spacial score (nSPS) is 17.7. The number of hydrogen-bond acceptors (Lipinski definition) is 3. The van der Waals surface area contributed by atoms with Gasteiger partial charge in [0.1, 0.15) is 0 Å². The van der Waals surface area contributed by atoms with Gasteiger partial charge in [0.05, 0.1) is 13.0 Å². The first kappa shape index (κ1) is 14.1. The van der Waals surface area contributed by atoms with E-state index in [0.29, 0.717) is 19.6 Å². The molecule has 0 bridgehead atoms. The molecule has 0 spiro atoms. The van der Waals surface area contributed by atoms with E-state index < -0.39 is 0 Å². The summed E-state index contributed by atoms with van der Waals surface area (Å²) in [6, 6.07) is 8.66. The number of esters is 1. The molecule has 3 rings (SSSR count). The van der Waals surface area contributed by atoms with Crippen LogP contribution >= 0.6 is 0 Å². The summed E-state index contributed by atoms with van der Waals surface area (Å²) in [5, 5.41) is 1.28. The SMILES string of the molecule is CCOC(=O)CCn1c2c(c3ccccc31)C[C@@H](N)CC2. The summed E-state index contributed by atoms with van der Waals surface area (Å²) in [4.78, 5) is 11.6. The zero-order valence-electron chi connectivity index (χ0n) is 12.5. The monoisotopic (exact) mass is 286 g/mol. The third-order valence-corrected chi connectivity index (χ3v) is 4.26. The lowest BCUT2D eigenvalue weighted by Crippen LogP contribution is -2.28. The fourth-order valence-electron chi connectivity index (χ4n) is 3.32. The minimum absolute atomic E-state index is 0.128. The Labute approximate surface area is 124 Å². The largest absolute Gasteiger partial charge is 0.466 e. The average Bonchev–Trinajstić information content (AvgIpc) is 2.79. The van der Waals surface area contributed by atoms with Crippen molar-refractivity contribution in [2.45, 2.75) is 45.2 Å². The molecule has 0 saturated heterocycles. The van der Waals surface area contributed by atoms with E-state index in [1.807, 2.05) is 6.92 Å². The van der Waals surface area contributed by atoms with Crippen molar-refractivity contribution in [2.24, 2.45) is 5.73 Å². The van der Waals surface area contributed by atoms with E-state index >= 15 is 0 Å². The standard InChI is InChI=1S/C17H22N2O2/c1-2-21-17(20)9-10-19-15-6-4-3-5-13(15)14-11-12(18)7-8-16(14)19/h3-6,12H,2,7-11,18H2,1H3/t12-/m0/s1. The van der Waals surface area contributed by atoms with Crippen molar-refractivity contribution in [3.63, 3.8) is 0 Å². The predicted molar refractivity (Wildman–Crippen MR) is 83.2 cm³/mol. The van der Waals surface area contributed by atoms with Crippen LogP contribution in [0.2, 0.25) is 0 Å². The number of ether oxygens (including phenoxy) is 1. The van der Waals surface area contributed by atoms with Gasteiger partial charge in [0.25, 0.3) is 0 Å². The highest BCUT2D eigenvalue weighted by Crippen LogP contribution is 2.32. The Kier molecular flexibility index (Phi) is 3.97. The molecule has 0 fully saturated rings. The van der Waals surface area contributed by atoms with Gasteiger partial charge in [0, 0.05) is 29.2 Å². The summed E-state index contributed by atoms with van der Waals surface area (Å²) in [7, 11) is 0. The van der Waals surface area contributed by atoms with E-state index in [9.17, 15) is 4.79 Å². The van der Waals surface area contributed by atoms with Gasteiger partial charge in [-0.05, 0) is 37.8 Å². The summed E-state index contributed by atoms with van der Waals surface area (Å²) in [6.07, 6.45) is 3.37. The van der Waals surface area contributed by atoms with E-state index in [2.05, 4.69) is 28.8 Å². The molecular formula is C17H22N2O2. The second-order valence-electron chi connectivity index (χ2n) is 5.65. The quantitative estimate of drug-likeness (QED) is 0.878. The molecule has 21 heavy (non-hydrogen) atoms. The van der Waals surface area contributed by atoms with Gasteiger partial charge in [-0.2, -0.15) is 0 Å². The number of aromatic nitrogens is 1. The summed E-state index contributed by atoms with van der Waals surface area (Å²) in [5.74, 6) is -0.128. The molecular weight excluding hydrogens is 264 g/mol. The van der Waals surface area contributed by atoms with E-state index in [1.54, 1.807) is 0 Å². The van der Waals surface area contributed by atoms with Crippen LogP contribution in [0.5, 0.6) is 0 Å².